The summed E-state index contributed by atoms with van der Waals surface area (Å²) < 4.78 is 5.52. The molecule has 1 aromatic rings. The van der Waals surface area contributed by atoms with Crippen molar-refractivity contribution in [2.45, 2.75) is 26.4 Å². The molecule has 2 nitrogen and oxygen atoms in total. The third-order valence-corrected chi connectivity index (χ3v) is 2.53. The Morgan fingerprint density at radius 3 is 2.82 bits per heavy atom. The van der Waals surface area contributed by atoms with E-state index >= 15 is 0 Å². The lowest BCUT2D eigenvalue weighted by Gasteiger charge is -2.21. The van der Waals surface area contributed by atoms with E-state index in [-0.39, 0.29) is 5.60 Å². The summed E-state index contributed by atoms with van der Waals surface area (Å²) in [5, 5.41) is 3.01. The van der Waals surface area contributed by atoms with Crippen molar-refractivity contribution in [3.8, 4) is 0 Å². The normalized spacial score (nSPS) is 11.9. The summed E-state index contributed by atoms with van der Waals surface area (Å²) in [7, 11) is 0. The molecule has 62 valence electrons. The van der Waals surface area contributed by atoms with Crippen LogP contribution in [0.15, 0.2) is 11.6 Å². The summed E-state index contributed by atoms with van der Waals surface area (Å²) in [4.78, 5) is 4.20. The molecule has 0 aliphatic rings. The van der Waals surface area contributed by atoms with Crippen LogP contribution in [0, 0.1) is 0 Å². The number of hydrogen-bond acceptors (Lipinski definition) is 3. The molecule has 0 spiro atoms. The van der Waals surface area contributed by atoms with Crippen molar-refractivity contribution in [3.05, 3.63) is 16.6 Å². The third kappa shape index (κ3) is 2.01. The average Bonchev–Trinajstić information content (AvgIpc) is 2.37. The van der Waals surface area contributed by atoms with Crippen molar-refractivity contribution in [2.24, 2.45) is 0 Å². The second-order valence-electron chi connectivity index (χ2n) is 2.78. The molecular weight excluding hydrogens is 158 g/mol. The van der Waals surface area contributed by atoms with Crippen LogP contribution < -0.4 is 0 Å². The molecule has 0 saturated heterocycles. The van der Waals surface area contributed by atoms with E-state index in [2.05, 4.69) is 4.98 Å². The van der Waals surface area contributed by atoms with Crippen LogP contribution in [0.3, 0.4) is 0 Å². The van der Waals surface area contributed by atoms with Gasteiger partial charge in [0, 0.05) is 18.2 Å². The van der Waals surface area contributed by atoms with Crippen LogP contribution in [-0.2, 0) is 10.3 Å². The van der Waals surface area contributed by atoms with Crippen molar-refractivity contribution in [1.29, 1.82) is 0 Å². The van der Waals surface area contributed by atoms with Crippen molar-refractivity contribution >= 4 is 11.3 Å². The lowest BCUT2D eigenvalue weighted by atomic mass is 10.1. The lowest BCUT2D eigenvalue weighted by Crippen LogP contribution is -2.20. The third-order valence-electron chi connectivity index (χ3n) is 1.45. The number of thiazole rings is 1. The Kier molecular flexibility index (Phi) is 2.62. The maximum absolute atomic E-state index is 5.52. The van der Waals surface area contributed by atoms with Gasteiger partial charge >= 0.3 is 0 Å². The molecule has 11 heavy (non-hydrogen) atoms. The van der Waals surface area contributed by atoms with Gasteiger partial charge in [-0.05, 0) is 20.8 Å². The zero-order valence-corrected chi connectivity index (χ0v) is 7.94. The lowest BCUT2D eigenvalue weighted by molar-refractivity contribution is -0.0141. The molecular formula is C8H13NOS. The zero-order valence-electron chi connectivity index (χ0n) is 7.13. The minimum Gasteiger partial charge on any atom is -0.369 e. The molecule has 0 N–H and O–H groups in total. The Morgan fingerprint density at radius 2 is 2.36 bits per heavy atom. The highest BCUT2D eigenvalue weighted by Gasteiger charge is 2.22. The van der Waals surface area contributed by atoms with Gasteiger partial charge in [0.05, 0.1) is 0 Å². The topological polar surface area (TPSA) is 22.1 Å². The quantitative estimate of drug-likeness (QED) is 0.696. The van der Waals surface area contributed by atoms with E-state index in [1.807, 2.05) is 26.2 Å². The number of rotatable bonds is 3. The first kappa shape index (κ1) is 8.68. The largest absolute Gasteiger partial charge is 0.369 e. The van der Waals surface area contributed by atoms with Gasteiger partial charge in [-0.3, -0.25) is 0 Å². The Hall–Kier alpha value is -0.410. The molecule has 0 aliphatic carbocycles. The fraction of sp³-hybridized carbons (Fsp3) is 0.625. The zero-order chi connectivity index (χ0) is 8.32. The molecule has 1 heterocycles. The number of aromatic nitrogens is 1. The van der Waals surface area contributed by atoms with Crippen molar-refractivity contribution in [2.75, 3.05) is 6.61 Å². The summed E-state index contributed by atoms with van der Waals surface area (Å²) in [6, 6.07) is 0. The van der Waals surface area contributed by atoms with Crippen LogP contribution in [0.2, 0.25) is 0 Å². The smallest absolute Gasteiger partial charge is 0.124 e. The SMILES string of the molecule is CCOC(C)(C)c1nccs1. The number of nitrogens with zero attached hydrogens (tertiary/aromatic N) is 1. The van der Waals surface area contributed by atoms with Crippen LogP contribution in [0.4, 0.5) is 0 Å². The molecule has 1 rings (SSSR count). The van der Waals surface area contributed by atoms with Crippen LogP contribution in [0.25, 0.3) is 0 Å². The van der Waals surface area contributed by atoms with E-state index in [4.69, 9.17) is 4.74 Å². The van der Waals surface area contributed by atoms with E-state index in [0.29, 0.717) is 0 Å². The van der Waals surface area contributed by atoms with Gasteiger partial charge in [0.15, 0.2) is 0 Å². The van der Waals surface area contributed by atoms with E-state index in [1.165, 1.54) is 0 Å². The standard InChI is InChI=1S/C8H13NOS/c1-4-10-8(2,3)7-9-5-6-11-7/h5-6H,4H2,1-3H3. The highest BCUT2D eigenvalue weighted by Crippen LogP contribution is 2.25. The summed E-state index contributed by atoms with van der Waals surface area (Å²) in [6.07, 6.45) is 1.81. The highest BCUT2D eigenvalue weighted by atomic mass is 32.1. The summed E-state index contributed by atoms with van der Waals surface area (Å²) >= 11 is 1.63. The minimum atomic E-state index is -0.219. The van der Waals surface area contributed by atoms with E-state index < -0.39 is 0 Å². The van der Waals surface area contributed by atoms with Crippen LogP contribution in [-0.4, -0.2) is 11.6 Å². The molecule has 0 amide bonds. The van der Waals surface area contributed by atoms with Crippen LogP contribution in [0.1, 0.15) is 25.8 Å². The van der Waals surface area contributed by atoms with Gasteiger partial charge in [0.25, 0.3) is 0 Å². The minimum absolute atomic E-state index is 0.219. The van der Waals surface area contributed by atoms with Gasteiger partial charge in [-0.25, -0.2) is 4.98 Å². The van der Waals surface area contributed by atoms with Crippen molar-refractivity contribution < 1.29 is 4.74 Å². The first-order valence-corrected chi connectivity index (χ1v) is 4.58. The monoisotopic (exact) mass is 171 g/mol. The van der Waals surface area contributed by atoms with Crippen LogP contribution in [0.5, 0.6) is 0 Å². The number of ether oxygens (including phenoxy) is 1. The fourth-order valence-electron chi connectivity index (χ4n) is 0.943. The fourth-order valence-corrected chi connectivity index (χ4v) is 1.66. The predicted octanol–water partition coefficient (Wildman–Crippen LogP) is 2.41. The summed E-state index contributed by atoms with van der Waals surface area (Å²) in [5.74, 6) is 0. The molecule has 0 bridgehead atoms. The highest BCUT2D eigenvalue weighted by molar-refractivity contribution is 7.09. The average molecular weight is 171 g/mol. The van der Waals surface area contributed by atoms with Crippen LogP contribution >= 0.6 is 11.3 Å². The van der Waals surface area contributed by atoms with Gasteiger partial charge in [-0.1, -0.05) is 0 Å². The Bertz CT molecular complexity index is 206. The van der Waals surface area contributed by atoms with E-state index in [9.17, 15) is 0 Å². The summed E-state index contributed by atoms with van der Waals surface area (Å²) in [6.45, 7) is 6.80. The van der Waals surface area contributed by atoms with Gasteiger partial charge < -0.3 is 4.74 Å². The van der Waals surface area contributed by atoms with Gasteiger partial charge in [0.2, 0.25) is 0 Å². The molecule has 0 aromatic carbocycles. The molecule has 0 saturated carbocycles. The number of hydrogen-bond donors (Lipinski definition) is 0. The first-order chi connectivity index (χ1) is 5.17. The maximum atomic E-state index is 5.52. The Morgan fingerprint density at radius 1 is 1.64 bits per heavy atom. The molecule has 0 radical (unpaired) electrons. The van der Waals surface area contributed by atoms with Gasteiger partial charge in [-0.2, -0.15) is 0 Å². The van der Waals surface area contributed by atoms with Gasteiger partial charge in [-0.15, -0.1) is 11.3 Å². The Labute approximate surface area is 71.2 Å². The molecule has 0 atom stereocenters. The first-order valence-electron chi connectivity index (χ1n) is 3.70. The van der Waals surface area contributed by atoms with Crippen molar-refractivity contribution in [1.82, 2.24) is 4.98 Å². The Balaban J connectivity index is 2.73. The molecule has 0 fully saturated rings. The maximum Gasteiger partial charge on any atom is 0.124 e. The van der Waals surface area contributed by atoms with Crippen molar-refractivity contribution in [3.63, 3.8) is 0 Å². The second kappa shape index (κ2) is 3.32. The molecule has 0 aliphatic heterocycles. The molecule has 3 heteroatoms. The van der Waals surface area contributed by atoms with Gasteiger partial charge in [0.1, 0.15) is 10.6 Å². The van der Waals surface area contributed by atoms with E-state index in [1.54, 1.807) is 17.5 Å². The molecule has 1 aromatic heterocycles. The summed E-state index contributed by atoms with van der Waals surface area (Å²) in [5.41, 5.74) is -0.219. The van der Waals surface area contributed by atoms with E-state index in [0.717, 1.165) is 11.6 Å². The second-order valence-corrected chi connectivity index (χ2v) is 3.68. The molecule has 0 unspecified atom stereocenters. The predicted molar refractivity (Wildman–Crippen MR) is 46.8 cm³/mol.